The second-order valence-corrected chi connectivity index (χ2v) is 5.03. The van der Waals surface area contributed by atoms with Crippen LogP contribution in [0.3, 0.4) is 0 Å². The molecule has 0 spiro atoms. The van der Waals surface area contributed by atoms with Crippen molar-refractivity contribution in [2.45, 2.75) is 13.8 Å². The van der Waals surface area contributed by atoms with Crippen LogP contribution in [0.25, 0.3) is 11.0 Å². The van der Waals surface area contributed by atoms with E-state index >= 15 is 0 Å². The highest BCUT2D eigenvalue weighted by Gasteiger charge is 2.18. The minimum Gasteiger partial charge on any atom is -0.282 e. The smallest absolute Gasteiger partial charge is 0.282 e. The fourth-order valence-corrected chi connectivity index (χ4v) is 2.12. The molecular formula is C12H14O3S. The van der Waals surface area contributed by atoms with E-state index < -0.39 is 10.1 Å². The Balaban J connectivity index is 3.62. The summed E-state index contributed by atoms with van der Waals surface area (Å²) in [6.07, 6.45) is 1.56. The summed E-state index contributed by atoms with van der Waals surface area (Å²) in [5.41, 5.74) is 2.74. The molecule has 0 heterocycles. The molecule has 3 nitrogen and oxygen atoms in total. The monoisotopic (exact) mass is 238 g/mol. The van der Waals surface area contributed by atoms with E-state index in [2.05, 4.69) is 13.2 Å². The topological polar surface area (TPSA) is 54.4 Å². The molecule has 1 aromatic carbocycles. The van der Waals surface area contributed by atoms with Gasteiger partial charge < -0.3 is 0 Å². The van der Waals surface area contributed by atoms with Gasteiger partial charge in [0.25, 0.3) is 10.1 Å². The van der Waals surface area contributed by atoms with E-state index in [0.29, 0.717) is 11.1 Å². The van der Waals surface area contributed by atoms with Crippen molar-refractivity contribution >= 4 is 21.1 Å². The summed E-state index contributed by atoms with van der Waals surface area (Å²) in [5.74, 6) is 0. The Morgan fingerprint density at radius 3 is 2.25 bits per heavy atom. The highest BCUT2D eigenvalue weighted by molar-refractivity contribution is 7.95. The molecule has 0 saturated heterocycles. The van der Waals surface area contributed by atoms with Crippen LogP contribution < -0.4 is 0 Å². The van der Waals surface area contributed by atoms with E-state index in [1.54, 1.807) is 19.1 Å². The molecule has 0 amide bonds. The van der Waals surface area contributed by atoms with E-state index in [1.165, 1.54) is 0 Å². The zero-order valence-electron chi connectivity index (χ0n) is 9.32. The van der Waals surface area contributed by atoms with E-state index in [1.807, 2.05) is 13.0 Å². The van der Waals surface area contributed by atoms with Crippen LogP contribution in [0.4, 0.5) is 0 Å². The Kier molecular flexibility index (Phi) is 3.35. The van der Waals surface area contributed by atoms with Crippen LogP contribution in [0, 0.1) is 13.8 Å². The van der Waals surface area contributed by atoms with Crippen LogP contribution in [0.2, 0.25) is 0 Å². The molecule has 0 aliphatic carbocycles. The number of aryl methyl sites for hydroxylation is 2. The van der Waals surface area contributed by atoms with Crippen LogP contribution in [-0.2, 0) is 10.1 Å². The molecule has 1 N–H and O–H groups in total. The lowest BCUT2D eigenvalue weighted by molar-refractivity contribution is 0.496. The molecule has 0 fully saturated rings. The lowest BCUT2D eigenvalue weighted by Crippen LogP contribution is -2.04. The molecule has 16 heavy (non-hydrogen) atoms. The van der Waals surface area contributed by atoms with Gasteiger partial charge in [-0.25, -0.2) is 0 Å². The van der Waals surface area contributed by atoms with Crippen molar-refractivity contribution in [3.63, 3.8) is 0 Å². The predicted molar refractivity (Wildman–Crippen MR) is 66.6 cm³/mol. The minimum absolute atomic E-state index is 0.288. The summed E-state index contributed by atoms with van der Waals surface area (Å²) in [4.78, 5) is -0.288. The summed E-state index contributed by atoms with van der Waals surface area (Å²) in [6.45, 7) is 10.7. The molecule has 4 heteroatoms. The molecule has 0 bridgehead atoms. The van der Waals surface area contributed by atoms with Crippen LogP contribution in [-0.4, -0.2) is 13.0 Å². The summed E-state index contributed by atoms with van der Waals surface area (Å²) < 4.78 is 31.2. The fraction of sp³-hybridized carbons (Fsp3) is 0.167. The number of benzene rings is 1. The summed E-state index contributed by atoms with van der Waals surface area (Å²) in [5, 5.41) is 0. The molecule has 0 aromatic heterocycles. The number of hydrogen-bond acceptors (Lipinski definition) is 2. The Labute approximate surface area is 95.9 Å². The van der Waals surface area contributed by atoms with Gasteiger partial charge in [0.2, 0.25) is 0 Å². The van der Waals surface area contributed by atoms with Crippen molar-refractivity contribution in [1.29, 1.82) is 0 Å². The average Bonchev–Trinajstić information content (AvgIpc) is 2.18. The van der Waals surface area contributed by atoms with Crippen molar-refractivity contribution in [3.8, 4) is 0 Å². The Morgan fingerprint density at radius 1 is 1.31 bits per heavy atom. The van der Waals surface area contributed by atoms with E-state index in [0.717, 1.165) is 11.1 Å². The highest BCUT2D eigenvalue weighted by atomic mass is 32.2. The van der Waals surface area contributed by atoms with E-state index in [9.17, 15) is 8.42 Å². The molecule has 0 saturated carbocycles. The summed E-state index contributed by atoms with van der Waals surface area (Å²) in [6, 6.07) is 3.65. The minimum atomic E-state index is -4.27. The molecule has 0 atom stereocenters. The van der Waals surface area contributed by atoms with Gasteiger partial charge in [-0.05, 0) is 30.5 Å². The molecule has 0 aliphatic heterocycles. The van der Waals surface area contributed by atoms with Crippen LogP contribution in [0.5, 0.6) is 0 Å². The Bertz CT molecular complexity index is 554. The number of rotatable bonds is 3. The Morgan fingerprint density at radius 2 is 1.81 bits per heavy atom. The van der Waals surface area contributed by atoms with Gasteiger partial charge in [-0.15, -0.1) is 0 Å². The maximum Gasteiger partial charge on any atom is 0.294 e. The molecule has 1 rings (SSSR count). The standard InChI is InChI=1S/C12H14O3S/c1-5-11-8(2)6-7-9(3)12(11)10(4)16(13,14)15/h5-7H,1,4H2,2-3H3,(H,13,14,15). The first-order chi connectivity index (χ1) is 7.29. The van der Waals surface area contributed by atoms with Crippen molar-refractivity contribution in [2.75, 3.05) is 0 Å². The largest absolute Gasteiger partial charge is 0.294 e. The zero-order valence-corrected chi connectivity index (χ0v) is 10.1. The van der Waals surface area contributed by atoms with Gasteiger partial charge in [-0.3, -0.25) is 4.55 Å². The second kappa shape index (κ2) is 4.23. The quantitative estimate of drug-likeness (QED) is 0.824. The number of hydrogen-bond donors (Lipinski definition) is 1. The molecule has 0 aliphatic rings. The fourth-order valence-electron chi connectivity index (χ4n) is 1.59. The van der Waals surface area contributed by atoms with Crippen molar-refractivity contribution in [2.24, 2.45) is 0 Å². The zero-order chi connectivity index (χ0) is 12.5. The third-order valence-electron chi connectivity index (χ3n) is 2.47. The molecule has 0 radical (unpaired) electrons. The molecule has 0 unspecified atom stereocenters. The van der Waals surface area contributed by atoms with Crippen LogP contribution in [0.1, 0.15) is 22.3 Å². The van der Waals surface area contributed by atoms with Crippen molar-refractivity contribution in [1.82, 2.24) is 0 Å². The third-order valence-corrected chi connectivity index (χ3v) is 3.29. The average molecular weight is 238 g/mol. The highest BCUT2D eigenvalue weighted by Crippen LogP contribution is 2.28. The molecule has 1 aromatic rings. The lowest BCUT2D eigenvalue weighted by atomic mass is 9.97. The maximum atomic E-state index is 11.1. The SMILES string of the molecule is C=Cc1c(C)ccc(C)c1C(=C)S(=O)(=O)O. The van der Waals surface area contributed by atoms with E-state index in [4.69, 9.17) is 4.55 Å². The van der Waals surface area contributed by atoms with Gasteiger partial charge in [-0.2, -0.15) is 8.42 Å². The van der Waals surface area contributed by atoms with Crippen LogP contribution in [0.15, 0.2) is 25.3 Å². The van der Waals surface area contributed by atoms with Gasteiger partial charge in [0.05, 0.1) is 4.91 Å². The first-order valence-electron chi connectivity index (χ1n) is 4.68. The lowest BCUT2D eigenvalue weighted by Gasteiger charge is -2.13. The van der Waals surface area contributed by atoms with Gasteiger partial charge in [0, 0.05) is 5.56 Å². The van der Waals surface area contributed by atoms with Gasteiger partial charge >= 0.3 is 0 Å². The summed E-state index contributed by atoms with van der Waals surface area (Å²) >= 11 is 0. The third kappa shape index (κ3) is 2.23. The first kappa shape index (κ1) is 12.7. The maximum absolute atomic E-state index is 11.1. The van der Waals surface area contributed by atoms with E-state index in [-0.39, 0.29) is 4.91 Å². The summed E-state index contributed by atoms with van der Waals surface area (Å²) in [7, 11) is -4.27. The normalized spacial score (nSPS) is 11.2. The van der Waals surface area contributed by atoms with Crippen LogP contribution >= 0.6 is 0 Å². The van der Waals surface area contributed by atoms with Gasteiger partial charge in [-0.1, -0.05) is 31.4 Å². The van der Waals surface area contributed by atoms with Gasteiger partial charge in [0.15, 0.2) is 0 Å². The second-order valence-electron chi connectivity index (χ2n) is 3.59. The predicted octanol–water partition coefficient (Wildman–Crippen LogP) is 2.80. The van der Waals surface area contributed by atoms with Crippen molar-refractivity contribution < 1.29 is 13.0 Å². The first-order valence-corrected chi connectivity index (χ1v) is 6.12. The Hall–Kier alpha value is -1.39. The van der Waals surface area contributed by atoms with Gasteiger partial charge in [0.1, 0.15) is 0 Å². The van der Waals surface area contributed by atoms with Crippen molar-refractivity contribution in [3.05, 3.63) is 47.5 Å². The molecular weight excluding hydrogens is 224 g/mol. The molecule has 86 valence electrons.